The van der Waals surface area contributed by atoms with Crippen LogP contribution in [0.5, 0.6) is 0 Å². The van der Waals surface area contributed by atoms with Crippen molar-refractivity contribution >= 4 is 0 Å². The van der Waals surface area contributed by atoms with Gasteiger partial charge in [0, 0.05) is 12.4 Å². The van der Waals surface area contributed by atoms with Crippen LogP contribution in [0.3, 0.4) is 0 Å². The van der Waals surface area contributed by atoms with Crippen LogP contribution in [0.15, 0.2) is 237 Å². The average molecular weight is 1100 g/mol. The maximum absolute atomic E-state index is 5.17. The first-order chi connectivity index (χ1) is 35.1. The number of aryl methyl sites for hydroxylation is 5. The normalized spacial score (nSPS) is 11.0. The summed E-state index contributed by atoms with van der Waals surface area (Å²) in [6, 6.07) is 90.5. The molecule has 3 heterocycles. The molecule has 0 aliphatic rings. The summed E-state index contributed by atoms with van der Waals surface area (Å²) in [6.07, 6.45) is 7.31. The molecular formula is C68H50IrN3. The van der Waals surface area contributed by atoms with E-state index in [0.29, 0.717) is 0 Å². The first-order valence-electron chi connectivity index (χ1n) is 24.4. The quantitative estimate of drug-likeness (QED) is 0.102. The number of pyridine rings is 3. The Hall–Kier alpha value is -8.14. The van der Waals surface area contributed by atoms with Crippen molar-refractivity contribution in [3.05, 3.63) is 283 Å². The van der Waals surface area contributed by atoms with Crippen molar-refractivity contribution in [2.75, 3.05) is 0 Å². The van der Waals surface area contributed by atoms with E-state index in [9.17, 15) is 0 Å². The summed E-state index contributed by atoms with van der Waals surface area (Å²) >= 11 is 0. The smallest absolute Gasteiger partial charge is 0.305 e. The molecule has 0 aliphatic heterocycles. The second-order valence-corrected chi connectivity index (χ2v) is 18.1. The Morgan fingerprint density at radius 2 is 0.889 bits per heavy atom. The van der Waals surface area contributed by atoms with Gasteiger partial charge in [-0.25, -0.2) is 0 Å². The topological polar surface area (TPSA) is 38.7 Å². The zero-order valence-corrected chi connectivity index (χ0v) is 42.4. The van der Waals surface area contributed by atoms with Gasteiger partial charge in [0.2, 0.25) is 0 Å². The molecule has 0 bridgehead atoms. The minimum absolute atomic E-state index is 0. The van der Waals surface area contributed by atoms with Gasteiger partial charge in [0.15, 0.2) is 0 Å². The van der Waals surface area contributed by atoms with Gasteiger partial charge >= 0.3 is 20.1 Å². The van der Waals surface area contributed by atoms with Crippen LogP contribution in [0.1, 0.15) is 27.8 Å². The van der Waals surface area contributed by atoms with E-state index in [1.54, 1.807) is 0 Å². The van der Waals surface area contributed by atoms with Crippen LogP contribution < -0.4 is 0 Å². The van der Waals surface area contributed by atoms with Crippen LogP contribution in [0.2, 0.25) is 0 Å². The predicted molar refractivity (Wildman–Crippen MR) is 292 cm³/mol. The van der Waals surface area contributed by atoms with Crippen molar-refractivity contribution in [3.63, 3.8) is 0 Å². The number of benzene rings is 8. The second-order valence-electron chi connectivity index (χ2n) is 18.1. The van der Waals surface area contributed by atoms with E-state index >= 15 is 0 Å². The molecule has 3 aromatic heterocycles. The van der Waals surface area contributed by atoms with Crippen molar-refractivity contribution < 1.29 is 20.1 Å². The van der Waals surface area contributed by atoms with Gasteiger partial charge in [-0.2, -0.15) is 0 Å². The van der Waals surface area contributed by atoms with Gasteiger partial charge in [-0.3, -0.25) is 4.98 Å². The Bertz CT molecular complexity index is 3540. The third-order valence-electron chi connectivity index (χ3n) is 13.2. The summed E-state index contributed by atoms with van der Waals surface area (Å²) < 4.78 is 0. The molecule has 346 valence electrons. The molecule has 11 rings (SSSR count). The molecular weight excluding hydrogens is 1050 g/mol. The fourth-order valence-corrected chi connectivity index (χ4v) is 9.38. The first-order valence-corrected chi connectivity index (χ1v) is 24.4. The van der Waals surface area contributed by atoms with Crippen LogP contribution in [-0.2, 0) is 45.8 Å². The van der Waals surface area contributed by atoms with Crippen molar-refractivity contribution in [1.82, 2.24) is 15.0 Å². The number of aromatic nitrogens is 3. The van der Waals surface area contributed by atoms with Crippen LogP contribution in [0, 0.1) is 25.1 Å². The average Bonchev–Trinajstić information content (AvgIpc) is 3.45. The summed E-state index contributed by atoms with van der Waals surface area (Å²) in [7, 11) is 0. The Balaban J connectivity index is 0.00000596. The van der Waals surface area contributed by atoms with Crippen molar-refractivity contribution in [2.24, 2.45) is 0 Å². The van der Waals surface area contributed by atoms with Gasteiger partial charge in [0.05, 0.1) is 5.69 Å². The molecule has 72 heavy (non-hydrogen) atoms. The van der Waals surface area contributed by atoms with Crippen LogP contribution in [0.25, 0.3) is 89.5 Å². The van der Waals surface area contributed by atoms with Crippen molar-refractivity contribution in [1.29, 1.82) is 0 Å². The molecule has 3 nitrogen and oxygen atoms in total. The zero-order chi connectivity index (χ0) is 47.8. The molecule has 0 spiro atoms. The minimum Gasteiger partial charge on any atom is -0.305 e. The van der Waals surface area contributed by atoms with Crippen LogP contribution in [0.4, 0.5) is 0 Å². The van der Waals surface area contributed by atoms with Gasteiger partial charge in [-0.15, -0.1) is 94.5 Å². The van der Waals surface area contributed by atoms with E-state index < -0.39 is 0 Å². The molecule has 0 radical (unpaired) electrons. The molecule has 0 saturated heterocycles. The Morgan fingerprint density at radius 3 is 1.51 bits per heavy atom. The van der Waals surface area contributed by atoms with Gasteiger partial charge in [-0.1, -0.05) is 193 Å². The fourth-order valence-electron chi connectivity index (χ4n) is 9.38. The Morgan fingerprint density at radius 1 is 0.333 bits per heavy atom. The summed E-state index contributed by atoms with van der Waals surface area (Å²) in [6.45, 7) is 2.06. The summed E-state index contributed by atoms with van der Waals surface area (Å²) in [5, 5.41) is 0. The second kappa shape index (κ2) is 22.3. The van der Waals surface area contributed by atoms with Gasteiger partial charge < -0.3 is 9.97 Å². The number of rotatable bonds is 14. The maximum Gasteiger partial charge on any atom is 3.00 e. The van der Waals surface area contributed by atoms with E-state index in [4.69, 9.17) is 4.98 Å². The largest absolute Gasteiger partial charge is 3.00 e. The van der Waals surface area contributed by atoms with Crippen LogP contribution in [-0.4, -0.2) is 15.0 Å². The fraction of sp³-hybridized carbons (Fsp3) is 0.0735. The van der Waals surface area contributed by atoms with Crippen molar-refractivity contribution in [3.8, 4) is 89.5 Å². The van der Waals surface area contributed by atoms with E-state index in [2.05, 4.69) is 235 Å². The van der Waals surface area contributed by atoms with E-state index in [1.165, 1.54) is 44.5 Å². The molecule has 0 fully saturated rings. The molecule has 0 N–H and O–H groups in total. The summed E-state index contributed by atoms with van der Waals surface area (Å²) in [5.74, 6) is 0. The molecule has 0 atom stereocenters. The molecule has 4 heteroatoms. The third kappa shape index (κ3) is 11.1. The zero-order valence-electron chi connectivity index (χ0n) is 40.0. The number of hydrogen-bond donors (Lipinski definition) is 0. The maximum atomic E-state index is 5.17. The molecule has 0 amide bonds. The molecule has 11 aromatic rings. The Kier molecular flexibility index (Phi) is 14.7. The van der Waals surface area contributed by atoms with E-state index in [0.717, 1.165) is 98.5 Å². The predicted octanol–water partition coefficient (Wildman–Crippen LogP) is 16.5. The standard InChI is InChI=1S/C68H50N3.Ir/c1-48-22-41-66(70-47-48)58-33-29-50(30-34-58)24-26-52-43-51(25-23-49-27-31-57(32-28-49)65-19-10-11-42-69-65)44-60(45-52)61-17-8-9-18-62(61)63-40-39-59(68-21-12-20-67(71-68)56-15-6-3-7-16-56)46-64(63)55-37-35-54(36-38-55)53-13-4-2-5-14-53;/h2-22,27-31,33,35-38,40-47H,23-26H2,1H3;/q-3;+3. The third-order valence-corrected chi connectivity index (χ3v) is 13.2. The molecule has 0 unspecified atom stereocenters. The Labute approximate surface area is 437 Å². The van der Waals surface area contributed by atoms with E-state index in [-0.39, 0.29) is 20.1 Å². The first kappa shape index (κ1) is 47.5. The molecule has 0 aliphatic carbocycles. The SMILES string of the molecule is Cc1ccc(-c2[c-]cc(CCc3cc(CCc4c[c-]c(-c5ccccn5)cc4)cc(-c4ccccc4-c4c[c-]c(-c5cccc(-c6ccccc6)n5)cc4-c4ccc(-c5ccccc5)cc4)c3)cc2)nc1.[Ir+3]. The van der Waals surface area contributed by atoms with Gasteiger partial charge in [0.25, 0.3) is 0 Å². The minimum atomic E-state index is 0. The van der Waals surface area contributed by atoms with Crippen LogP contribution >= 0.6 is 0 Å². The van der Waals surface area contributed by atoms with Gasteiger partial charge in [0.1, 0.15) is 0 Å². The molecule has 0 saturated carbocycles. The number of hydrogen-bond acceptors (Lipinski definition) is 3. The van der Waals surface area contributed by atoms with E-state index in [1.807, 2.05) is 36.7 Å². The number of nitrogens with zero attached hydrogens (tertiary/aromatic N) is 3. The summed E-state index contributed by atoms with van der Waals surface area (Å²) in [5.41, 5.74) is 23.3. The van der Waals surface area contributed by atoms with Gasteiger partial charge in [-0.05, 0) is 99.1 Å². The molecule has 8 aromatic carbocycles. The summed E-state index contributed by atoms with van der Waals surface area (Å²) in [4.78, 5) is 14.3. The monoisotopic (exact) mass is 1100 g/mol. The van der Waals surface area contributed by atoms with Crippen molar-refractivity contribution in [2.45, 2.75) is 32.6 Å².